The second-order valence-corrected chi connectivity index (χ2v) is 15.3. The molecule has 8 nitrogen and oxygen atoms in total. The zero-order valence-electron chi connectivity index (χ0n) is 19.1. The quantitative estimate of drug-likeness (QED) is 0.343. The lowest BCUT2D eigenvalue weighted by atomic mass is 10.00. The van der Waals surface area contributed by atoms with Crippen molar-refractivity contribution in [2.45, 2.75) is 51.2 Å². The van der Waals surface area contributed by atoms with Crippen LogP contribution in [-0.4, -0.2) is 64.8 Å². The molecular weight excluding hydrogens is 424 g/mol. The third-order valence-corrected chi connectivity index (χ3v) is 7.57. The number of likely N-dealkylation sites (tertiary alicyclic amines) is 1. The van der Waals surface area contributed by atoms with Gasteiger partial charge in [0, 0.05) is 34.2 Å². The van der Waals surface area contributed by atoms with Crippen molar-refractivity contribution in [2.24, 2.45) is 0 Å². The zero-order chi connectivity index (χ0) is 22.7. The van der Waals surface area contributed by atoms with Crippen LogP contribution in [-0.2, 0) is 17.9 Å². The standard InChI is InChI=1S/C23H32N4O4Si/c1-32(2,3)12-11-30-16-27-19-8-5-4-7-18(19)25-21(27)9-6-10-26-14-17(15-26)22-24-13-20(31-22)23(28)29/h4-5,7-8,13,17H,6,9-12,14-16H2,1-3H3,(H,28,29). The molecule has 3 heterocycles. The normalized spacial score (nSPS) is 15.3. The van der Waals surface area contributed by atoms with Crippen molar-refractivity contribution in [3.05, 3.63) is 47.9 Å². The van der Waals surface area contributed by atoms with Crippen LogP contribution in [0.1, 0.15) is 34.6 Å². The number of carboxylic acids is 1. The van der Waals surface area contributed by atoms with E-state index in [2.05, 4.69) is 46.2 Å². The predicted octanol–water partition coefficient (Wildman–Crippen LogP) is 4.07. The Morgan fingerprint density at radius 1 is 1.28 bits per heavy atom. The number of rotatable bonds is 11. The number of para-hydroxylation sites is 2. The minimum Gasteiger partial charge on any atom is -0.475 e. The predicted molar refractivity (Wildman–Crippen MR) is 125 cm³/mol. The van der Waals surface area contributed by atoms with Gasteiger partial charge in [-0.3, -0.25) is 0 Å². The van der Waals surface area contributed by atoms with E-state index in [9.17, 15) is 4.79 Å². The lowest BCUT2D eigenvalue weighted by Gasteiger charge is -2.37. The molecule has 0 amide bonds. The minimum atomic E-state index is -1.11. The fourth-order valence-corrected chi connectivity index (χ4v) is 4.70. The van der Waals surface area contributed by atoms with Gasteiger partial charge in [-0.25, -0.2) is 14.8 Å². The van der Waals surface area contributed by atoms with Crippen LogP contribution in [0.3, 0.4) is 0 Å². The maximum Gasteiger partial charge on any atom is 0.373 e. The maximum absolute atomic E-state index is 10.9. The smallest absolute Gasteiger partial charge is 0.373 e. The molecule has 172 valence electrons. The van der Waals surface area contributed by atoms with Crippen molar-refractivity contribution in [3.63, 3.8) is 0 Å². The van der Waals surface area contributed by atoms with Gasteiger partial charge in [-0.05, 0) is 31.1 Å². The van der Waals surface area contributed by atoms with Crippen LogP contribution >= 0.6 is 0 Å². The van der Waals surface area contributed by atoms with E-state index in [-0.39, 0.29) is 11.7 Å². The minimum absolute atomic E-state index is 0.0931. The number of fused-ring (bicyclic) bond motifs is 1. The first-order valence-electron chi connectivity index (χ1n) is 11.2. The molecule has 1 aliphatic heterocycles. The third kappa shape index (κ3) is 5.46. The molecule has 0 aliphatic carbocycles. The molecule has 1 aromatic carbocycles. The Hall–Kier alpha value is -2.49. The van der Waals surface area contributed by atoms with Crippen molar-refractivity contribution < 1.29 is 19.1 Å². The molecule has 1 fully saturated rings. The summed E-state index contributed by atoms with van der Waals surface area (Å²) in [6.07, 6.45) is 3.17. The number of benzene rings is 1. The fraction of sp³-hybridized carbons (Fsp3) is 0.522. The summed E-state index contributed by atoms with van der Waals surface area (Å²) in [6.45, 7) is 11.1. The van der Waals surface area contributed by atoms with Crippen LogP contribution in [0, 0.1) is 0 Å². The van der Waals surface area contributed by atoms with Gasteiger partial charge in [0.25, 0.3) is 0 Å². The molecule has 0 atom stereocenters. The van der Waals surface area contributed by atoms with E-state index in [1.54, 1.807) is 0 Å². The van der Waals surface area contributed by atoms with Gasteiger partial charge in [-0.2, -0.15) is 0 Å². The number of carbonyl (C=O) groups is 1. The number of aromatic nitrogens is 3. The van der Waals surface area contributed by atoms with E-state index < -0.39 is 14.0 Å². The van der Waals surface area contributed by atoms with Crippen molar-refractivity contribution in [2.75, 3.05) is 26.2 Å². The van der Waals surface area contributed by atoms with Gasteiger partial charge in [0.15, 0.2) is 0 Å². The van der Waals surface area contributed by atoms with Gasteiger partial charge in [0.2, 0.25) is 11.7 Å². The molecule has 1 aliphatic rings. The number of carboxylic acid groups (broad SMARTS) is 1. The van der Waals surface area contributed by atoms with Crippen molar-refractivity contribution in [3.8, 4) is 0 Å². The Bertz CT molecular complexity index is 1070. The Kier molecular flexibility index (Phi) is 6.78. The number of ether oxygens (including phenoxy) is 1. The third-order valence-electron chi connectivity index (χ3n) is 5.87. The van der Waals surface area contributed by atoms with E-state index in [4.69, 9.17) is 19.2 Å². The van der Waals surface area contributed by atoms with E-state index in [1.165, 1.54) is 6.20 Å². The Balaban J connectivity index is 1.29. The largest absolute Gasteiger partial charge is 0.475 e. The summed E-state index contributed by atoms with van der Waals surface area (Å²) >= 11 is 0. The summed E-state index contributed by atoms with van der Waals surface area (Å²) in [5, 5.41) is 8.97. The monoisotopic (exact) mass is 456 g/mol. The summed E-state index contributed by atoms with van der Waals surface area (Å²) in [5.74, 6) is 0.593. The van der Waals surface area contributed by atoms with Gasteiger partial charge in [-0.15, -0.1) is 0 Å². The Morgan fingerprint density at radius 2 is 2.06 bits per heavy atom. The summed E-state index contributed by atoms with van der Waals surface area (Å²) < 4.78 is 13.6. The molecule has 1 N–H and O–H groups in total. The van der Waals surface area contributed by atoms with E-state index in [0.29, 0.717) is 12.6 Å². The van der Waals surface area contributed by atoms with E-state index in [0.717, 1.165) is 62.0 Å². The molecule has 0 unspecified atom stereocenters. The number of oxazole rings is 1. The number of aromatic carboxylic acids is 1. The summed E-state index contributed by atoms with van der Waals surface area (Å²) in [7, 11) is -1.11. The average Bonchev–Trinajstić information content (AvgIpc) is 3.31. The summed E-state index contributed by atoms with van der Waals surface area (Å²) in [6, 6.07) is 9.39. The molecule has 2 aromatic heterocycles. The highest BCUT2D eigenvalue weighted by atomic mass is 28.3. The zero-order valence-corrected chi connectivity index (χ0v) is 20.1. The molecule has 9 heteroatoms. The highest BCUT2D eigenvalue weighted by Gasteiger charge is 2.32. The molecule has 4 rings (SSSR count). The molecular formula is C23H32N4O4Si. The highest BCUT2D eigenvalue weighted by Crippen LogP contribution is 2.27. The van der Waals surface area contributed by atoms with E-state index >= 15 is 0 Å². The highest BCUT2D eigenvalue weighted by molar-refractivity contribution is 6.76. The maximum atomic E-state index is 10.9. The Morgan fingerprint density at radius 3 is 2.78 bits per heavy atom. The number of imidazole rings is 1. The van der Waals surface area contributed by atoms with Crippen LogP contribution in [0.15, 0.2) is 34.9 Å². The first-order chi connectivity index (χ1) is 15.3. The van der Waals surface area contributed by atoms with Gasteiger partial charge in [0.05, 0.1) is 23.1 Å². The fourth-order valence-electron chi connectivity index (χ4n) is 3.94. The SMILES string of the molecule is C[Si](C)(C)CCOCn1c(CCCN2CC(c3ncc(C(=O)O)o3)C2)nc2ccccc21. The summed E-state index contributed by atoms with van der Waals surface area (Å²) in [5.41, 5.74) is 2.14. The second kappa shape index (κ2) is 9.56. The number of aryl methyl sites for hydroxylation is 1. The van der Waals surface area contributed by atoms with Crippen molar-refractivity contribution in [1.82, 2.24) is 19.4 Å². The molecule has 3 aromatic rings. The van der Waals surface area contributed by atoms with Gasteiger partial charge < -0.3 is 23.7 Å². The lowest BCUT2D eigenvalue weighted by Crippen LogP contribution is -2.45. The van der Waals surface area contributed by atoms with Crippen LogP contribution in [0.4, 0.5) is 0 Å². The number of hydrogen-bond acceptors (Lipinski definition) is 6. The van der Waals surface area contributed by atoms with Gasteiger partial charge >= 0.3 is 5.97 Å². The molecule has 32 heavy (non-hydrogen) atoms. The van der Waals surface area contributed by atoms with Crippen LogP contribution in [0.2, 0.25) is 25.7 Å². The van der Waals surface area contributed by atoms with Crippen molar-refractivity contribution in [1.29, 1.82) is 0 Å². The van der Waals surface area contributed by atoms with E-state index in [1.807, 2.05) is 12.1 Å². The van der Waals surface area contributed by atoms with Crippen molar-refractivity contribution >= 4 is 25.1 Å². The van der Waals surface area contributed by atoms with Crippen LogP contribution in [0.25, 0.3) is 11.0 Å². The second-order valence-electron chi connectivity index (χ2n) is 9.72. The molecule has 1 saturated heterocycles. The first kappa shape index (κ1) is 22.7. The van der Waals surface area contributed by atoms with Crippen LogP contribution in [0.5, 0.6) is 0 Å². The average molecular weight is 457 g/mol. The topological polar surface area (TPSA) is 93.6 Å². The van der Waals surface area contributed by atoms with Gasteiger partial charge in [-0.1, -0.05) is 31.8 Å². The Labute approximate surface area is 189 Å². The number of hydrogen-bond donors (Lipinski definition) is 1. The lowest BCUT2D eigenvalue weighted by molar-refractivity contribution is 0.0652. The molecule has 0 bridgehead atoms. The summed E-state index contributed by atoms with van der Waals surface area (Å²) in [4.78, 5) is 22.2. The molecule has 0 spiro atoms. The molecule has 0 radical (unpaired) electrons. The first-order valence-corrected chi connectivity index (χ1v) is 14.9. The van der Waals surface area contributed by atoms with Gasteiger partial charge in [0.1, 0.15) is 12.6 Å². The van der Waals surface area contributed by atoms with Crippen LogP contribution < -0.4 is 0 Å². The number of nitrogens with zero attached hydrogens (tertiary/aromatic N) is 4. The molecule has 0 saturated carbocycles.